The zero-order valence-corrected chi connectivity index (χ0v) is 11.4. The molecule has 3 atom stereocenters. The number of nitrogens with one attached hydrogen (secondary N) is 1. The van der Waals surface area contributed by atoms with E-state index in [1.54, 1.807) is 13.8 Å². The van der Waals surface area contributed by atoms with Crippen LogP contribution in [-0.4, -0.2) is 36.1 Å². The van der Waals surface area contributed by atoms with E-state index in [1.807, 2.05) is 0 Å². The number of aliphatic carboxylic acids is 1. The fraction of sp³-hybridized carbons (Fsp3) is 0.750. The number of carboxylic acids is 1. The molecule has 0 heterocycles. The van der Waals surface area contributed by atoms with Crippen LogP contribution in [0.2, 0.25) is 0 Å². The van der Waals surface area contributed by atoms with Crippen LogP contribution in [0.3, 0.4) is 0 Å². The molecule has 0 aliphatic rings. The SMILES string of the molecule is COC(=O)[C@@H](NC(=O)C(C)C(C)C(=O)O)C(C)C. The van der Waals surface area contributed by atoms with E-state index in [1.165, 1.54) is 21.0 Å². The van der Waals surface area contributed by atoms with E-state index in [0.29, 0.717) is 0 Å². The minimum absolute atomic E-state index is 0.131. The maximum atomic E-state index is 11.8. The van der Waals surface area contributed by atoms with Gasteiger partial charge in [0.2, 0.25) is 5.91 Å². The van der Waals surface area contributed by atoms with Gasteiger partial charge in [0.1, 0.15) is 6.04 Å². The Bertz CT molecular complexity index is 326. The molecule has 0 spiro atoms. The Morgan fingerprint density at radius 1 is 1.06 bits per heavy atom. The standard InChI is InChI=1S/C12H21NO5/c1-6(2)9(12(17)18-5)13-10(14)7(3)8(4)11(15)16/h6-9H,1-5H3,(H,13,14)(H,15,16)/t7?,8?,9-/m0/s1. The van der Waals surface area contributed by atoms with Gasteiger partial charge in [0, 0.05) is 5.92 Å². The van der Waals surface area contributed by atoms with Crippen LogP contribution in [0, 0.1) is 17.8 Å². The summed E-state index contributed by atoms with van der Waals surface area (Å²) in [6.07, 6.45) is 0. The number of hydrogen-bond donors (Lipinski definition) is 2. The third-order valence-electron chi connectivity index (χ3n) is 2.97. The first kappa shape index (κ1) is 16.4. The molecule has 2 N–H and O–H groups in total. The Balaban J connectivity index is 4.70. The van der Waals surface area contributed by atoms with Crippen molar-refractivity contribution in [2.45, 2.75) is 33.7 Å². The molecule has 0 aromatic heterocycles. The van der Waals surface area contributed by atoms with Gasteiger partial charge in [0.25, 0.3) is 0 Å². The molecule has 6 heteroatoms. The molecule has 1 amide bonds. The average Bonchev–Trinajstić information content (AvgIpc) is 2.32. The summed E-state index contributed by atoms with van der Waals surface area (Å²) in [5, 5.41) is 11.4. The monoisotopic (exact) mass is 259 g/mol. The molecule has 0 rings (SSSR count). The Morgan fingerprint density at radius 3 is 1.89 bits per heavy atom. The number of rotatable bonds is 6. The minimum Gasteiger partial charge on any atom is -0.481 e. The molecule has 6 nitrogen and oxygen atoms in total. The largest absolute Gasteiger partial charge is 0.481 e. The van der Waals surface area contributed by atoms with E-state index in [-0.39, 0.29) is 5.92 Å². The maximum absolute atomic E-state index is 11.8. The van der Waals surface area contributed by atoms with E-state index in [0.717, 1.165) is 0 Å². The van der Waals surface area contributed by atoms with Gasteiger partial charge in [-0.2, -0.15) is 0 Å². The van der Waals surface area contributed by atoms with Crippen molar-refractivity contribution in [1.29, 1.82) is 0 Å². The Morgan fingerprint density at radius 2 is 1.56 bits per heavy atom. The van der Waals surface area contributed by atoms with Gasteiger partial charge in [-0.25, -0.2) is 4.79 Å². The first-order chi connectivity index (χ1) is 8.22. The highest BCUT2D eigenvalue weighted by atomic mass is 16.5. The normalized spacial score (nSPS) is 15.7. The topological polar surface area (TPSA) is 92.7 Å². The summed E-state index contributed by atoms with van der Waals surface area (Å²) in [6, 6.07) is -0.758. The smallest absolute Gasteiger partial charge is 0.328 e. The summed E-state index contributed by atoms with van der Waals surface area (Å²) in [7, 11) is 1.24. The molecule has 0 fully saturated rings. The van der Waals surface area contributed by atoms with E-state index in [4.69, 9.17) is 5.11 Å². The van der Waals surface area contributed by atoms with Crippen molar-refractivity contribution in [2.24, 2.45) is 17.8 Å². The number of methoxy groups -OCH3 is 1. The lowest BCUT2D eigenvalue weighted by Crippen LogP contribution is -2.48. The van der Waals surface area contributed by atoms with E-state index < -0.39 is 35.7 Å². The summed E-state index contributed by atoms with van der Waals surface area (Å²) in [5.74, 6) is -3.70. The molecule has 0 saturated carbocycles. The van der Waals surface area contributed by atoms with Crippen molar-refractivity contribution in [3.05, 3.63) is 0 Å². The quantitative estimate of drug-likeness (QED) is 0.683. The Hall–Kier alpha value is -1.59. The summed E-state index contributed by atoms with van der Waals surface area (Å²) in [6.45, 7) is 6.51. The van der Waals surface area contributed by atoms with Crippen LogP contribution < -0.4 is 5.32 Å². The fourth-order valence-corrected chi connectivity index (χ4v) is 1.35. The first-order valence-corrected chi connectivity index (χ1v) is 5.83. The van der Waals surface area contributed by atoms with Gasteiger partial charge in [0.05, 0.1) is 13.0 Å². The number of carbonyl (C=O) groups is 3. The molecular formula is C12H21NO5. The van der Waals surface area contributed by atoms with Crippen molar-refractivity contribution < 1.29 is 24.2 Å². The fourth-order valence-electron chi connectivity index (χ4n) is 1.35. The lowest BCUT2D eigenvalue weighted by molar-refractivity contribution is -0.149. The van der Waals surface area contributed by atoms with Crippen LogP contribution in [0.4, 0.5) is 0 Å². The van der Waals surface area contributed by atoms with Gasteiger partial charge in [-0.15, -0.1) is 0 Å². The van der Waals surface area contributed by atoms with Gasteiger partial charge in [-0.3, -0.25) is 9.59 Å². The molecule has 0 aromatic carbocycles. The van der Waals surface area contributed by atoms with Crippen LogP contribution in [0.5, 0.6) is 0 Å². The molecule has 0 aromatic rings. The predicted octanol–water partition coefficient (Wildman–Crippen LogP) is 0.657. The van der Waals surface area contributed by atoms with Gasteiger partial charge in [0.15, 0.2) is 0 Å². The molecule has 0 radical (unpaired) electrons. The number of hydrogen-bond acceptors (Lipinski definition) is 4. The molecule has 18 heavy (non-hydrogen) atoms. The van der Waals surface area contributed by atoms with Crippen molar-refractivity contribution in [2.75, 3.05) is 7.11 Å². The second kappa shape index (κ2) is 6.98. The molecule has 0 saturated heterocycles. The number of carboxylic acid groups (broad SMARTS) is 1. The predicted molar refractivity (Wildman–Crippen MR) is 64.7 cm³/mol. The van der Waals surface area contributed by atoms with Gasteiger partial charge >= 0.3 is 11.9 Å². The number of esters is 1. The van der Waals surface area contributed by atoms with Crippen LogP contribution in [0.1, 0.15) is 27.7 Å². The van der Waals surface area contributed by atoms with Crippen molar-refractivity contribution in [3.8, 4) is 0 Å². The number of carbonyl (C=O) groups excluding carboxylic acids is 2. The molecule has 2 unspecified atom stereocenters. The zero-order chi connectivity index (χ0) is 14.5. The summed E-state index contributed by atoms with van der Waals surface area (Å²) < 4.78 is 4.59. The second-order valence-corrected chi connectivity index (χ2v) is 4.67. The van der Waals surface area contributed by atoms with Gasteiger partial charge < -0.3 is 15.2 Å². The van der Waals surface area contributed by atoms with E-state index in [9.17, 15) is 14.4 Å². The molecule has 0 bridgehead atoms. The summed E-state index contributed by atoms with van der Waals surface area (Å²) >= 11 is 0. The second-order valence-electron chi connectivity index (χ2n) is 4.67. The highest BCUT2D eigenvalue weighted by molar-refractivity contribution is 5.88. The minimum atomic E-state index is -1.04. The average molecular weight is 259 g/mol. The zero-order valence-electron chi connectivity index (χ0n) is 11.4. The highest BCUT2D eigenvalue weighted by Gasteiger charge is 2.31. The van der Waals surface area contributed by atoms with Crippen LogP contribution in [0.15, 0.2) is 0 Å². The lowest BCUT2D eigenvalue weighted by Gasteiger charge is -2.23. The Kier molecular flexibility index (Phi) is 6.36. The number of ether oxygens (including phenoxy) is 1. The van der Waals surface area contributed by atoms with Crippen LogP contribution in [0.25, 0.3) is 0 Å². The van der Waals surface area contributed by atoms with Crippen molar-refractivity contribution in [3.63, 3.8) is 0 Å². The Labute approximate surface area is 107 Å². The van der Waals surface area contributed by atoms with Crippen LogP contribution in [-0.2, 0) is 19.1 Å². The lowest BCUT2D eigenvalue weighted by atomic mass is 9.94. The van der Waals surface area contributed by atoms with E-state index >= 15 is 0 Å². The highest BCUT2D eigenvalue weighted by Crippen LogP contribution is 2.13. The maximum Gasteiger partial charge on any atom is 0.328 e. The summed E-state index contributed by atoms with van der Waals surface area (Å²) in [4.78, 5) is 34.1. The number of amides is 1. The third-order valence-corrected chi connectivity index (χ3v) is 2.97. The molecular weight excluding hydrogens is 238 g/mol. The van der Waals surface area contributed by atoms with Gasteiger partial charge in [-0.05, 0) is 5.92 Å². The van der Waals surface area contributed by atoms with E-state index in [2.05, 4.69) is 10.1 Å². The molecule has 0 aliphatic heterocycles. The van der Waals surface area contributed by atoms with Crippen molar-refractivity contribution >= 4 is 17.8 Å². The third kappa shape index (κ3) is 4.35. The van der Waals surface area contributed by atoms with Crippen molar-refractivity contribution in [1.82, 2.24) is 5.32 Å². The molecule has 0 aliphatic carbocycles. The molecule has 104 valence electrons. The summed E-state index contributed by atoms with van der Waals surface area (Å²) in [5.41, 5.74) is 0. The first-order valence-electron chi connectivity index (χ1n) is 5.83. The van der Waals surface area contributed by atoms with Gasteiger partial charge in [-0.1, -0.05) is 27.7 Å². The van der Waals surface area contributed by atoms with Crippen LogP contribution >= 0.6 is 0 Å².